The van der Waals surface area contributed by atoms with Crippen LogP contribution in [0.4, 0.5) is 0 Å². The van der Waals surface area contributed by atoms with E-state index >= 15 is 0 Å². The SMILES string of the molecule is CO[C@H](C(=O)N[C@H](C)C(=O)NC1CCCC1)c1ccccc1. The van der Waals surface area contributed by atoms with Crippen molar-refractivity contribution in [3.63, 3.8) is 0 Å². The van der Waals surface area contributed by atoms with Crippen molar-refractivity contribution >= 4 is 11.8 Å². The fourth-order valence-corrected chi connectivity index (χ4v) is 2.77. The lowest BCUT2D eigenvalue weighted by atomic mass is 10.1. The van der Waals surface area contributed by atoms with E-state index in [1.807, 2.05) is 30.3 Å². The van der Waals surface area contributed by atoms with Crippen molar-refractivity contribution in [3.05, 3.63) is 35.9 Å². The van der Waals surface area contributed by atoms with Gasteiger partial charge in [0.1, 0.15) is 6.04 Å². The molecule has 2 N–H and O–H groups in total. The molecule has 22 heavy (non-hydrogen) atoms. The highest BCUT2D eigenvalue weighted by atomic mass is 16.5. The minimum Gasteiger partial charge on any atom is -0.367 e. The summed E-state index contributed by atoms with van der Waals surface area (Å²) in [5, 5.41) is 5.71. The average molecular weight is 304 g/mol. The van der Waals surface area contributed by atoms with Crippen molar-refractivity contribution in [1.82, 2.24) is 10.6 Å². The largest absolute Gasteiger partial charge is 0.367 e. The van der Waals surface area contributed by atoms with E-state index in [-0.39, 0.29) is 17.9 Å². The summed E-state index contributed by atoms with van der Waals surface area (Å²) in [7, 11) is 1.49. The maximum atomic E-state index is 12.3. The number of ether oxygens (including phenoxy) is 1. The van der Waals surface area contributed by atoms with Gasteiger partial charge in [-0.15, -0.1) is 0 Å². The van der Waals surface area contributed by atoms with E-state index in [4.69, 9.17) is 4.74 Å². The second-order valence-electron chi connectivity index (χ2n) is 5.75. The second-order valence-corrected chi connectivity index (χ2v) is 5.75. The Bertz CT molecular complexity index is 498. The lowest BCUT2D eigenvalue weighted by Gasteiger charge is -2.21. The van der Waals surface area contributed by atoms with E-state index < -0.39 is 12.1 Å². The molecule has 1 aromatic carbocycles. The highest BCUT2D eigenvalue weighted by molar-refractivity contribution is 5.89. The van der Waals surface area contributed by atoms with Crippen molar-refractivity contribution in [2.45, 2.75) is 50.8 Å². The van der Waals surface area contributed by atoms with Gasteiger partial charge in [-0.3, -0.25) is 9.59 Å². The minimum atomic E-state index is -0.706. The summed E-state index contributed by atoms with van der Waals surface area (Å²) in [5.41, 5.74) is 0.769. The van der Waals surface area contributed by atoms with Crippen molar-refractivity contribution in [2.24, 2.45) is 0 Å². The highest BCUT2D eigenvalue weighted by Gasteiger charge is 2.25. The predicted molar refractivity (Wildman–Crippen MR) is 84.2 cm³/mol. The molecule has 1 aliphatic rings. The first-order chi connectivity index (χ1) is 10.6. The van der Waals surface area contributed by atoms with Crippen LogP contribution in [0.2, 0.25) is 0 Å². The van der Waals surface area contributed by atoms with Gasteiger partial charge in [-0.1, -0.05) is 43.2 Å². The summed E-state index contributed by atoms with van der Waals surface area (Å²) in [6.07, 6.45) is 3.66. The van der Waals surface area contributed by atoms with Gasteiger partial charge in [0.05, 0.1) is 0 Å². The maximum Gasteiger partial charge on any atom is 0.254 e. The summed E-state index contributed by atoms with van der Waals surface area (Å²) < 4.78 is 5.27. The van der Waals surface area contributed by atoms with Crippen molar-refractivity contribution < 1.29 is 14.3 Å². The zero-order valence-electron chi connectivity index (χ0n) is 13.2. The van der Waals surface area contributed by atoms with Crippen molar-refractivity contribution in [1.29, 1.82) is 0 Å². The lowest BCUT2D eigenvalue weighted by Crippen LogP contribution is -2.48. The molecule has 0 radical (unpaired) electrons. The third kappa shape index (κ3) is 4.31. The molecule has 1 saturated carbocycles. The molecule has 2 rings (SSSR count). The van der Waals surface area contributed by atoms with Crippen LogP contribution in [0.1, 0.15) is 44.3 Å². The number of methoxy groups -OCH3 is 1. The Labute approximate surface area is 131 Å². The number of amides is 2. The number of benzene rings is 1. The first-order valence-corrected chi connectivity index (χ1v) is 7.80. The number of carbonyl (C=O) groups is 2. The smallest absolute Gasteiger partial charge is 0.254 e. The summed E-state index contributed by atoms with van der Waals surface area (Å²) in [5.74, 6) is -0.439. The monoisotopic (exact) mass is 304 g/mol. The lowest BCUT2D eigenvalue weighted by molar-refractivity contribution is -0.135. The van der Waals surface area contributed by atoms with Crippen molar-refractivity contribution in [3.8, 4) is 0 Å². The van der Waals surface area contributed by atoms with Crippen LogP contribution in [0, 0.1) is 0 Å². The Morgan fingerprint density at radius 1 is 1.14 bits per heavy atom. The zero-order chi connectivity index (χ0) is 15.9. The molecule has 0 bridgehead atoms. The van der Waals surface area contributed by atoms with Gasteiger partial charge in [-0.2, -0.15) is 0 Å². The number of carbonyl (C=O) groups excluding carboxylic acids is 2. The van der Waals surface area contributed by atoms with Gasteiger partial charge in [-0.25, -0.2) is 0 Å². The van der Waals surface area contributed by atoms with Gasteiger partial charge in [0.15, 0.2) is 6.10 Å². The number of nitrogens with one attached hydrogen (secondary N) is 2. The van der Waals surface area contributed by atoms with E-state index in [9.17, 15) is 9.59 Å². The Morgan fingerprint density at radius 3 is 2.36 bits per heavy atom. The Balaban J connectivity index is 1.90. The molecule has 1 aliphatic carbocycles. The highest BCUT2D eigenvalue weighted by Crippen LogP contribution is 2.18. The topological polar surface area (TPSA) is 67.4 Å². The van der Waals surface area contributed by atoms with E-state index in [0.29, 0.717) is 0 Å². The van der Waals surface area contributed by atoms with Crippen LogP contribution in [0.3, 0.4) is 0 Å². The molecular formula is C17H24N2O3. The Hall–Kier alpha value is -1.88. The molecular weight excluding hydrogens is 280 g/mol. The Morgan fingerprint density at radius 2 is 1.77 bits per heavy atom. The number of hydrogen-bond donors (Lipinski definition) is 2. The molecule has 0 heterocycles. The molecule has 5 nitrogen and oxygen atoms in total. The normalized spacial score (nSPS) is 17.7. The van der Waals surface area contributed by atoms with E-state index in [0.717, 1.165) is 31.2 Å². The van der Waals surface area contributed by atoms with Crippen LogP contribution < -0.4 is 10.6 Å². The van der Waals surface area contributed by atoms with Gasteiger partial charge in [0, 0.05) is 13.2 Å². The third-order valence-electron chi connectivity index (χ3n) is 4.03. The molecule has 120 valence electrons. The molecule has 1 fully saturated rings. The molecule has 0 aliphatic heterocycles. The van der Waals surface area contributed by atoms with E-state index in [2.05, 4.69) is 10.6 Å². The number of rotatable bonds is 6. The standard InChI is InChI=1S/C17H24N2O3/c1-12(16(20)19-14-10-6-7-11-14)18-17(21)15(22-2)13-8-4-3-5-9-13/h3-5,8-9,12,14-15H,6-7,10-11H2,1-2H3,(H,18,21)(H,19,20)/t12-,15+/m1/s1. The van der Waals surface area contributed by atoms with Crippen LogP contribution in [0.5, 0.6) is 0 Å². The molecule has 1 aromatic rings. The van der Waals surface area contributed by atoms with Crippen LogP contribution in [-0.2, 0) is 14.3 Å². The Kier molecular flexibility index (Phi) is 5.95. The van der Waals surface area contributed by atoms with Gasteiger partial charge in [0.25, 0.3) is 5.91 Å². The molecule has 2 amide bonds. The van der Waals surface area contributed by atoms with Gasteiger partial charge in [0.2, 0.25) is 5.91 Å². The molecule has 0 aromatic heterocycles. The molecule has 0 unspecified atom stereocenters. The van der Waals surface area contributed by atoms with Crippen molar-refractivity contribution in [2.75, 3.05) is 7.11 Å². The van der Waals surface area contributed by atoms with Crippen LogP contribution in [-0.4, -0.2) is 31.0 Å². The summed E-state index contributed by atoms with van der Waals surface area (Å²) in [4.78, 5) is 24.4. The minimum absolute atomic E-state index is 0.136. The molecule has 0 spiro atoms. The zero-order valence-corrected chi connectivity index (χ0v) is 13.2. The van der Waals surface area contributed by atoms with E-state index in [1.165, 1.54) is 7.11 Å². The van der Waals surface area contributed by atoms with Crippen LogP contribution >= 0.6 is 0 Å². The molecule has 2 atom stereocenters. The number of hydrogen-bond acceptors (Lipinski definition) is 3. The molecule has 5 heteroatoms. The first-order valence-electron chi connectivity index (χ1n) is 7.80. The first kappa shape index (κ1) is 16.5. The fourth-order valence-electron chi connectivity index (χ4n) is 2.77. The van der Waals surface area contributed by atoms with Crippen LogP contribution in [0.15, 0.2) is 30.3 Å². The van der Waals surface area contributed by atoms with E-state index in [1.54, 1.807) is 6.92 Å². The summed E-state index contributed by atoms with van der Waals surface area (Å²) in [6.45, 7) is 1.69. The molecule has 0 saturated heterocycles. The van der Waals surface area contributed by atoms with Crippen LogP contribution in [0.25, 0.3) is 0 Å². The second kappa shape index (κ2) is 7.94. The summed E-state index contributed by atoms with van der Waals surface area (Å²) in [6, 6.07) is 8.92. The van der Waals surface area contributed by atoms with Gasteiger partial charge in [-0.05, 0) is 25.3 Å². The average Bonchev–Trinajstić information content (AvgIpc) is 3.02. The fraction of sp³-hybridized carbons (Fsp3) is 0.529. The quantitative estimate of drug-likeness (QED) is 0.844. The van der Waals surface area contributed by atoms with Gasteiger partial charge < -0.3 is 15.4 Å². The van der Waals surface area contributed by atoms with Gasteiger partial charge >= 0.3 is 0 Å². The third-order valence-corrected chi connectivity index (χ3v) is 4.03. The summed E-state index contributed by atoms with van der Waals surface area (Å²) >= 11 is 0. The predicted octanol–water partition coefficient (Wildman–Crippen LogP) is 1.94. The maximum absolute atomic E-state index is 12.3.